The van der Waals surface area contributed by atoms with Gasteiger partial charge in [-0.2, -0.15) is 0 Å². The predicted octanol–water partition coefficient (Wildman–Crippen LogP) is 4.89. The van der Waals surface area contributed by atoms with Gasteiger partial charge in [0.1, 0.15) is 4.33 Å². The molecule has 1 saturated carbocycles. The van der Waals surface area contributed by atoms with Gasteiger partial charge in [0.15, 0.2) is 0 Å². The first kappa shape index (κ1) is 28.0. The number of hydrogen-bond donors (Lipinski definition) is 3. The number of methoxy groups -OCH3 is 1. The normalized spacial score (nSPS) is 20.7. The van der Waals surface area contributed by atoms with Crippen LogP contribution >= 0.6 is 58.0 Å². The van der Waals surface area contributed by atoms with Crippen molar-refractivity contribution >= 4 is 69.8 Å². The smallest absolute Gasteiger partial charge is 0.266 e. The largest absolute Gasteiger partial charge is 0.383 e. The molecule has 6 nitrogen and oxygen atoms in total. The van der Waals surface area contributed by atoms with Gasteiger partial charge in [-0.25, -0.2) is 5.43 Å². The first-order valence-corrected chi connectivity index (χ1v) is 11.8. The summed E-state index contributed by atoms with van der Waals surface area (Å²) in [6.45, 7) is 6.01. The summed E-state index contributed by atoms with van der Waals surface area (Å²) in [6, 6.07) is 4.86. The van der Waals surface area contributed by atoms with Crippen LogP contribution in [0.15, 0.2) is 53.6 Å². The highest BCUT2D eigenvalue weighted by atomic mass is 35.5. The molecular weight excluding hydrogens is 532 g/mol. The van der Waals surface area contributed by atoms with Crippen LogP contribution in [0.5, 0.6) is 0 Å². The van der Waals surface area contributed by atoms with Gasteiger partial charge >= 0.3 is 0 Å². The summed E-state index contributed by atoms with van der Waals surface area (Å²) < 4.78 is 3.72. The van der Waals surface area contributed by atoms with Gasteiger partial charge in [0.2, 0.25) is 5.91 Å². The monoisotopic (exact) mass is 553 g/mol. The number of amides is 2. The molecule has 2 rings (SSSR count). The minimum Gasteiger partial charge on any atom is -0.383 e. The molecule has 2 amide bonds. The average molecular weight is 556 g/mol. The molecule has 1 aliphatic rings. The van der Waals surface area contributed by atoms with Gasteiger partial charge in [-0.15, -0.1) is 23.2 Å². The molecule has 0 aliphatic heterocycles. The Labute approximate surface area is 218 Å². The molecule has 11 heteroatoms. The Morgan fingerprint density at radius 2 is 1.88 bits per heavy atom. The highest BCUT2D eigenvalue weighted by Gasteiger charge is 2.67. The van der Waals surface area contributed by atoms with E-state index in [1.54, 1.807) is 31.4 Å². The zero-order valence-corrected chi connectivity index (χ0v) is 21.7. The van der Waals surface area contributed by atoms with Crippen molar-refractivity contribution in [2.45, 2.75) is 23.2 Å². The fourth-order valence-corrected chi connectivity index (χ4v) is 4.81. The number of carbonyl (C=O) groups is 2. The highest BCUT2D eigenvalue weighted by Crippen LogP contribution is 2.65. The lowest BCUT2D eigenvalue weighted by atomic mass is 10.1. The summed E-state index contributed by atoms with van der Waals surface area (Å²) in [5.74, 6) is -1.89. The van der Waals surface area contributed by atoms with Gasteiger partial charge in [-0.1, -0.05) is 53.5 Å². The molecular formula is C22H24Cl5N3O3. The van der Waals surface area contributed by atoms with E-state index < -0.39 is 22.1 Å². The highest BCUT2D eigenvalue weighted by molar-refractivity contribution is 6.53. The molecule has 0 radical (unpaired) electrons. The van der Waals surface area contributed by atoms with E-state index in [-0.39, 0.29) is 29.1 Å². The Balaban J connectivity index is 1.93. The third kappa shape index (κ3) is 7.62. The van der Waals surface area contributed by atoms with Crippen molar-refractivity contribution in [2.75, 3.05) is 20.3 Å². The fourth-order valence-electron chi connectivity index (χ4n) is 3.19. The van der Waals surface area contributed by atoms with E-state index >= 15 is 0 Å². The van der Waals surface area contributed by atoms with Crippen molar-refractivity contribution in [1.29, 1.82) is 0 Å². The Hall–Kier alpha value is -1.25. The third-order valence-corrected chi connectivity index (χ3v) is 6.50. The molecule has 0 spiro atoms. The molecule has 1 fully saturated rings. The summed E-state index contributed by atoms with van der Waals surface area (Å²) in [4.78, 5) is 24.9. The maximum atomic E-state index is 12.6. The number of carbonyl (C=O) groups excluding carboxylic acids is 2. The molecule has 1 aromatic rings. The van der Waals surface area contributed by atoms with E-state index in [4.69, 9.17) is 62.7 Å². The average Bonchev–Trinajstić information content (AvgIpc) is 3.31. The number of rotatable bonds is 11. The van der Waals surface area contributed by atoms with Crippen molar-refractivity contribution < 1.29 is 14.3 Å². The van der Waals surface area contributed by atoms with E-state index in [1.165, 1.54) is 12.2 Å². The Morgan fingerprint density at radius 3 is 2.45 bits per heavy atom. The van der Waals surface area contributed by atoms with Gasteiger partial charge in [0, 0.05) is 35.7 Å². The molecule has 0 saturated heterocycles. The Bertz CT molecular complexity index is 944. The van der Waals surface area contributed by atoms with Crippen LogP contribution in [-0.4, -0.2) is 42.5 Å². The molecule has 3 N–H and O–H groups in total. The van der Waals surface area contributed by atoms with E-state index in [0.717, 1.165) is 0 Å². The summed E-state index contributed by atoms with van der Waals surface area (Å²) in [5.41, 5.74) is 6.19. The number of hydrazine groups is 1. The van der Waals surface area contributed by atoms with Crippen LogP contribution in [0.25, 0.3) is 0 Å². The van der Waals surface area contributed by atoms with Crippen molar-refractivity contribution in [2.24, 2.45) is 5.92 Å². The van der Waals surface area contributed by atoms with Crippen LogP contribution < -0.4 is 16.2 Å². The molecule has 33 heavy (non-hydrogen) atoms. The Morgan fingerprint density at radius 1 is 1.24 bits per heavy atom. The zero-order chi connectivity index (χ0) is 24.8. The fraction of sp³-hybridized carbons (Fsp3) is 0.364. The molecule has 3 unspecified atom stereocenters. The summed E-state index contributed by atoms with van der Waals surface area (Å²) in [6.07, 6.45) is 4.42. The van der Waals surface area contributed by atoms with Crippen molar-refractivity contribution in [3.63, 3.8) is 0 Å². The maximum absolute atomic E-state index is 12.6. The number of nitrogens with one attached hydrogen (secondary N) is 3. The lowest BCUT2D eigenvalue weighted by molar-refractivity contribution is -0.122. The van der Waals surface area contributed by atoms with Crippen LogP contribution in [0.1, 0.15) is 18.4 Å². The first-order chi connectivity index (χ1) is 15.5. The standard InChI is InChI=1S/C22H24Cl5N3O3/c1-4-16(20(31)30-29-12(2)11-33-3)17(25)6-5-7-28-21(32)19-18(22(19,26)27)13-8-14(23)10-15(24)9-13/h4-6,8-10,12,18-19,29H,1,7,11H2,2-3H3,(H,28,32)(H,30,31)/b6-5-,17-16-. The predicted molar refractivity (Wildman–Crippen MR) is 135 cm³/mol. The number of ether oxygens (including phenoxy) is 1. The van der Waals surface area contributed by atoms with Gasteiger partial charge in [-0.3, -0.25) is 15.0 Å². The van der Waals surface area contributed by atoms with Crippen molar-refractivity contribution in [3.8, 4) is 0 Å². The molecule has 1 aliphatic carbocycles. The van der Waals surface area contributed by atoms with Crippen molar-refractivity contribution in [3.05, 3.63) is 69.2 Å². The van der Waals surface area contributed by atoms with Gasteiger partial charge in [-0.05, 0) is 36.8 Å². The lowest BCUT2D eigenvalue weighted by Crippen LogP contribution is -2.45. The molecule has 1 aromatic carbocycles. The number of halogens is 5. The second-order valence-electron chi connectivity index (χ2n) is 7.40. The van der Waals surface area contributed by atoms with Crippen LogP contribution in [0.2, 0.25) is 10.0 Å². The number of allylic oxidation sites excluding steroid dienone is 2. The minimum absolute atomic E-state index is 0.0975. The molecule has 0 heterocycles. The quantitative estimate of drug-likeness (QED) is 0.157. The maximum Gasteiger partial charge on any atom is 0.266 e. The van der Waals surface area contributed by atoms with Crippen molar-refractivity contribution in [1.82, 2.24) is 16.2 Å². The number of hydrogen-bond acceptors (Lipinski definition) is 4. The van der Waals surface area contributed by atoms with Crippen LogP contribution in [0.3, 0.4) is 0 Å². The summed E-state index contributed by atoms with van der Waals surface area (Å²) in [7, 11) is 1.56. The Kier molecular flexibility index (Phi) is 10.6. The SMILES string of the molecule is C=C/C(C(=O)NNC(C)COC)=C(Cl)\C=C/CNC(=O)C1C(c2cc(Cl)cc(Cl)c2)C1(Cl)Cl. The minimum atomic E-state index is -1.26. The molecule has 0 aromatic heterocycles. The topological polar surface area (TPSA) is 79.5 Å². The third-order valence-electron chi connectivity index (χ3n) is 4.79. The van der Waals surface area contributed by atoms with E-state index in [0.29, 0.717) is 22.2 Å². The van der Waals surface area contributed by atoms with Crippen LogP contribution in [0, 0.1) is 5.92 Å². The molecule has 3 atom stereocenters. The van der Waals surface area contributed by atoms with Gasteiger partial charge < -0.3 is 10.1 Å². The van der Waals surface area contributed by atoms with Gasteiger partial charge in [0.05, 0.1) is 23.1 Å². The summed E-state index contributed by atoms with van der Waals surface area (Å²) >= 11 is 31.0. The van der Waals surface area contributed by atoms with E-state index in [2.05, 4.69) is 22.7 Å². The second-order valence-corrected chi connectivity index (χ2v) is 10.1. The first-order valence-electron chi connectivity index (χ1n) is 9.88. The second kappa shape index (κ2) is 12.5. The van der Waals surface area contributed by atoms with Gasteiger partial charge in [0.25, 0.3) is 5.91 Å². The zero-order valence-electron chi connectivity index (χ0n) is 17.9. The summed E-state index contributed by atoms with van der Waals surface area (Å²) in [5, 5.41) is 3.75. The lowest BCUT2D eigenvalue weighted by Gasteiger charge is -2.14. The number of benzene rings is 1. The van der Waals surface area contributed by atoms with E-state index in [9.17, 15) is 9.59 Å². The van der Waals surface area contributed by atoms with E-state index in [1.807, 2.05) is 6.92 Å². The number of alkyl halides is 2. The van der Waals surface area contributed by atoms with Crippen LogP contribution in [0.4, 0.5) is 0 Å². The molecule has 0 bridgehead atoms. The van der Waals surface area contributed by atoms with Crippen LogP contribution in [-0.2, 0) is 14.3 Å². The molecule has 180 valence electrons.